The van der Waals surface area contributed by atoms with E-state index in [9.17, 15) is 9.59 Å². The Morgan fingerprint density at radius 1 is 1.29 bits per heavy atom. The lowest BCUT2D eigenvalue weighted by Gasteiger charge is -2.21. The van der Waals surface area contributed by atoms with Gasteiger partial charge in [-0.25, -0.2) is 0 Å². The van der Waals surface area contributed by atoms with Gasteiger partial charge in [0.1, 0.15) is 0 Å². The van der Waals surface area contributed by atoms with Crippen LogP contribution in [-0.2, 0) is 9.59 Å². The average molecular weight is 244 g/mol. The van der Waals surface area contributed by atoms with E-state index in [1.165, 1.54) is 0 Å². The van der Waals surface area contributed by atoms with Crippen molar-refractivity contribution in [3.8, 4) is 0 Å². The lowest BCUT2D eigenvalue weighted by Crippen LogP contribution is -2.41. The summed E-state index contributed by atoms with van der Waals surface area (Å²) in [5.41, 5.74) is -0.00843. The first-order valence-electron chi connectivity index (χ1n) is 6.00. The van der Waals surface area contributed by atoms with Gasteiger partial charge in [-0.15, -0.1) is 0 Å². The van der Waals surface area contributed by atoms with Crippen molar-refractivity contribution in [1.82, 2.24) is 10.6 Å². The second-order valence-electron chi connectivity index (χ2n) is 5.20. The second-order valence-corrected chi connectivity index (χ2v) is 5.20. The number of aliphatic carboxylic acids is 1. The average Bonchev–Trinajstić information content (AvgIpc) is 2.13. The normalized spacial score (nSPS) is 13.2. The number of carboxylic acid groups (broad SMARTS) is 1. The molecule has 0 saturated heterocycles. The monoisotopic (exact) mass is 244 g/mol. The summed E-state index contributed by atoms with van der Waals surface area (Å²) in [6.45, 7) is 8.55. The van der Waals surface area contributed by atoms with E-state index in [0.717, 1.165) is 0 Å². The minimum atomic E-state index is -0.884. The van der Waals surface area contributed by atoms with E-state index in [1.807, 2.05) is 27.7 Å². The van der Waals surface area contributed by atoms with Gasteiger partial charge in [0, 0.05) is 24.5 Å². The van der Waals surface area contributed by atoms with Crippen molar-refractivity contribution in [1.29, 1.82) is 0 Å². The molecule has 1 unspecified atom stereocenters. The molecule has 1 atom stereocenters. The first-order valence-corrected chi connectivity index (χ1v) is 6.00. The van der Waals surface area contributed by atoms with Crippen LogP contribution in [0.2, 0.25) is 0 Å². The van der Waals surface area contributed by atoms with Gasteiger partial charge in [-0.1, -0.05) is 6.92 Å². The Morgan fingerprint density at radius 2 is 1.88 bits per heavy atom. The fraction of sp³-hybridized carbons (Fsp3) is 0.833. The standard InChI is InChI=1S/C12H24N2O3/c1-5-9(8-11(16)17)14-10(15)6-7-13-12(2,3)4/h9,13H,5-8H2,1-4H3,(H,14,15)(H,16,17). The minimum absolute atomic E-state index is 0.00843. The first kappa shape index (κ1) is 15.9. The zero-order valence-electron chi connectivity index (χ0n) is 11.2. The molecule has 0 aromatic carbocycles. The van der Waals surface area contributed by atoms with Gasteiger partial charge in [0.05, 0.1) is 6.42 Å². The van der Waals surface area contributed by atoms with Crippen molar-refractivity contribution in [2.24, 2.45) is 0 Å². The molecule has 0 heterocycles. The molecule has 0 bridgehead atoms. The Labute approximate surface area is 103 Å². The van der Waals surface area contributed by atoms with Crippen LogP contribution in [0.5, 0.6) is 0 Å². The first-order chi connectivity index (χ1) is 7.74. The number of nitrogens with one attached hydrogen (secondary N) is 2. The maximum Gasteiger partial charge on any atom is 0.305 e. The van der Waals surface area contributed by atoms with E-state index < -0.39 is 5.97 Å². The largest absolute Gasteiger partial charge is 0.481 e. The van der Waals surface area contributed by atoms with Crippen LogP contribution in [0, 0.1) is 0 Å². The van der Waals surface area contributed by atoms with Gasteiger partial charge in [-0.05, 0) is 27.2 Å². The Balaban J connectivity index is 3.87. The van der Waals surface area contributed by atoms with Crippen LogP contribution < -0.4 is 10.6 Å². The minimum Gasteiger partial charge on any atom is -0.481 e. The van der Waals surface area contributed by atoms with Gasteiger partial charge in [0.25, 0.3) is 0 Å². The van der Waals surface area contributed by atoms with Crippen LogP contribution >= 0.6 is 0 Å². The predicted octanol–water partition coefficient (Wildman–Crippen LogP) is 1.13. The molecule has 3 N–H and O–H groups in total. The van der Waals surface area contributed by atoms with Gasteiger partial charge in [0.15, 0.2) is 0 Å². The molecule has 0 aromatic heterocycles. The highest BCUT2D eigenvalue weighted by molar-refractivity contribution is 5.77. The van der Waals surface area contributed by atoms with Crippen LogP contribution in [-0.4, -0.2) is 35.1 Å². The lowest BCUT2D eigenvalue weighted by molar-refractivity contribution is -0.137. The molecule has 100 valence electrons. The number of rotatable bonds is 7. The smallest absolute Gasteiger partial charge is 0.305 e. The zero-order chi connectivity index (χ0) is 13.5. The topological polar surface area (TPSA) is 78.4 Å². The van der Waals surface area contributed by atoms with Crippen molar-refractivity contribution in [2.45, 2.75) is 58.5 Å². The maximum atomic E-state index is 11.5. The van der Waals surface area contributed by atoms with Gasteiger partial charge < -0.3 is 15.7 Å². The summed E-state index contributed by atoms with van der Waals surface area (Å²) in [5.74, 6) is -0.986. The van der Waals surface area contributed by atoms with E-state index in [2.05, 4.69) is 10.6 Å². The van der Waals surface area contributed by atoms with E-state index >= 15 is 0 Å². The molecule has 5 heteroatoms. The Bertz CT molecular complexity index is 259. The fourth-order valence-corrected chi connectivity index (χ4v) is 1.36. The van der Waals surface area contributed by atoms with E-state index in [4.69, 9.17) is 5.11 Å². The summed E-state index contributed by atoms with van der Waals surface area (Å²) in [4.78, 5) is 22.1. The summed E-state index contributed by atoms with van der Waals surface area (Å²) < 4.78 is 0. The number of carboxylic acids is 1. The summed E-state index contributed by atoms with van der Waals surface area (Å²) in [6.07, 6.45) is 0.979. The van der Waals surface area contributed by atoms with Crippen molar-refractivity contribution in [3.05, 3.63) is 0 Å². The predicted molar refractivity (Wildman–Crippen MR) is 66.8 cm³/mol. The lowest BCUT2D eigenvalue weighted by atomic mass is 10.1. The third-order valence-corrected chi connectivity index (χ3v) is 2.29. The summed E-state index contributed by atoms with van der Waals surface area (Å²) >= 11 is 0. The van der Waals surface area contributed by atoms with Gasteiger partial charge in [-0.2, -0.15) is 0 Å². The van der Waals surface area contributed by atoms with Crippen molar-refractivity contribution in [3.63, 3.8) is 0 Å². The second kappa shape index (κ2) is 7.27. The highest BCUT2D eigenvalue weighted by atomic mass is 16.4. The molecule has 0 fully saturated rings. The number of hydrogen-bond donors (Lipinski definition) is 3. The third-order valence-electron chi connectivity index (χ3n) is 2.29. The molecule has 17 heavy (non-hydrogen) atoms. The molecule has 0 aliphatic carbocycles. The summed E-state index contributed by atoms with van der Waals surface area (Å²) in [5, 5.41) is 14.6. The van der Waals surface area contributed by atoms with Crippen LogP contribution in [0.1, 0.15) is 47.0 Å². The molecule has 0 aliphatic heterocycles. The number of hydrogen-bond acceptors (Lipinski definition) is 3. The van der Waals surface area contributed by atoms with Crippen LogP contribution in [0.3, 0.4) is 0 Å². The van der Waals surface area contributed by atoms with Crippen molar-refractivity contribution in [2.75, 3.05) is 6.54 Å². The Kier molecular flexibility index (Phi) is 6.80. The van der Waals surface area contributed by atoms with E-state index in [-0.39, 0.29) is 23.9 Å². The SMILES string of the molecule is CCC(CC(=O)O)NC(=O)CCNC(C)(C)C. The quantitative estimate of drug-likeness (QED) is 0.627. The molecular formula is C12H24N2O3. The Hall–Kier alpha value is -1.10. The molecule has 0 aliphatic rings. The number of carbonyl (C=O) groups excluding carboxylic acids is 1. The highest BCUT2D eigenvalue weighted by Gasteiger charge is 2.14. The third kappa shape index (κ3) is 9.81. The zero-order valence-corrected chi connectivity index (χ0v) is 11.2. The number of amides is 1. The van der Waals surface area contributed by atoms with Gasteiger partial charge in [0.2, 0.25) is 5.91 Å². The van der Waals surface area contributed by atoms with E-state index in [0.29, 0.717) is 19.4 Å². The highest BCUT2D eigenvalue weighted by Crippen LogP contribution is 2.00. The summed E-state index contributed by atoms with van der Waals surface area (Å²) in [6, 6.07) is -0.269. The molecule has 0 rings (SSSR count). The van der Waals surface area contributed by atoms with Gasteiger partial charge in [-0.3, -0.25) is 9.59 Å². The van der Waals surface area contributed by atoms with E-state index in [1.54, 1.807) is 0 Å². The molecule has 0 aromatic rings. The van der Waals surface area contributed by atoms with Crippen molar-refractivity contribution < 1.29 is 14.7 Å². The van der Waals surface area contributed by atoms with Crippen LogP contribution in [0.15, 0.2) is 0 Å². The molecule has 1 amide bonds. The number of carbonyl (C=O) groups is 2. The van der Waals surface area contributed by atoms with Gasteiger partial charge >= 0.3 is 5.97 Å². The molecule has 5 nitrogen and oxygen atoms in total. The molecule has 0 saturated carbocycles. The van der Waals surface area contributed by atoms with Crippen LogP contribution in [0.4, 0.5) is 0 Å². The maximum absolute atomic E-state index is 11.5. The molecular weight excluding hydrogens is 220 g/mol. The fourth-order valence-electron chi connectivity index (χ4n) is 1.36. The van der Waals surface area contributed by atoms with Crippen molar-refractivity contribution >= 4 is 11.9 Å². The Morgan fingerprint density at radius 3 is 2.29 bits per heavy atom. The molecule has 0 spiro atoms. The summed E-state index contributed by atoms with van der Waals surface area (Å²) in [7, 11) is 0. The molecule has 0 radical (unpaired) electrons. The van der Waals surface area contributed by atoms with Crippen LogP contribution in [0.25, 0.3) is 0 Å².